The normalized spacial score (nSPS) is 18.7. The number of carbonyl (C=O) groups is 2. The third-order valence-electron chi connectivity index (χ3n) is 3.03. The van der Waals surface area contributed by atoms with Crippen molar-refractivity contribution in [2.24, 2.45) is 5.92 Å². The van der Waals surface area contributed by atoms with Gasteiger partial charge in [0.1, 0.15) is 5.82 Å². The lowest BCUT2D eigenvalue weighted by atomic mass is 10.1. The third kappa shape index (κ3) is 2.42. The summed E-state index contributed by atoms with van der Waals surface area (Å²) in [7, 11) is 1.31. The first-order chi connectivity index (χ1) is 8.61. The van der Waals surface area contributed by atoms with E-state index in [4.69, 9.17) is 5.11 Å². The number of aromatic nitrogens is 1. The SMILES string of the molecule is COC(=O)c1ccc(N2CCC(C(=O)O)C2)nc1. The Bertz CT molecular complexity index is 458. The summed E-state index contributed by atoms with van der Waals surface area (Å²) in [5.74, 6) is -0.860. The summed E-state index contributed by atoms with van der Waals surface area (Å²) >= 11 is 0. The van der Waals surface area contributed by atoms with Crippen molar-refractivity contribution in [1.82, 2.24) is 4.98 Å². The number of rotatable bonds is 3. The van der Waals surface area contributed by atoms with Crippen molar-refractivity contribution in [3.8, 4) is 0 Å². The monoisotopic (exact) mass is 250 g/mol. The van der Waals surface area contributed by atoms with E-state index in [0.717, 1.165) is 0 Å². The maximum Gasteiger partial charge on any atom is 0.339 e. The summed E-state index contributed by atoms with van der Waals surface area (Å²) < 4.78 is 4.58. The van der Waals surface area contributed by atoms with Crippen LogP contribution in [0.3, 0.4) is 0 Å². The Labute approximate surface area is 104 Å². The Hall–Kier alpha value is -2.11. The van der Waals surface area contributed by atoms with E-state index in [9.17, 15) is 9.59 Å². The van der Waals surface area contributed by atoms with Gasteiger partial charge < -0.3 is 14.7 Å². The predicted molar refractivity (Wildman–Crippen MR) is 63.5 cm³/mol. The van der Waals surface area contributed by atoms with Crippen molar-refractivity contribution >= 4 is 17.8 Å². The minimum Gasteiger partial charge on any atom is -0.481 e. The third-order valence-corrected chi connectivity index (χ3v) is 3.03. The van der Waals surface area contributed by atoms with Gasteiger partial charge >= 0.3 is 11.9 Å². The minimum atomic E-state index is -0.774. The van der Waals surface area contributed by atoms with Gasteiger partial charge in [-0.2, -0.15) is 0 Å². The molecule has 0 aromatic carbocycles. The molecular formula is C12H14N2O4. The first-order valence-corrected chi connectivity index (χ1v) is 5.64. The lowest BCUT2D eigenvalue weighted by Crippen LogP contribution is -2.23. The molecule has 6 heteroatoms. The maximum atomic E-state index is 11.2. The molecule has 1 aliphatic heterocycles. The Morgan fingerprint density at radius 1 is 1.50 bits per heavy atom. The molecular weight excluding hydrogens is 236 g/mol. The van der Waals surface area contributed by atoms with Gasteiger partial charge in [0.05, 0.1) is 18.6 Å². The molecule has 0 saturated carbocycles. The molecule has 1 aromatic rings. The van der Waals surface area contributed by atoms with E-state index in [1.54, 1.807) is 12.1 Å². The summed E-state index contributed by atoms with van der Waals surface area (Å²) in [6.45, 7) is 1.13. The number of aliphatic carboxylic acids is 1. The second-order valence-corrected chi connectivity index (χ2v) is 4.17. The standard InChI is InChI=1S/C12H14N2O4/c1-18-12(17)8-2-3-10(13-6-8)14-5-4-9(7-14)11(15)16/h2-3,6,9H,4-5,7H2,1H3,(H,15,16). The van der Waals surface area contributed by atoms with Crippen LogP contribution in [0.2, 0.25) is 0 Å². The largest absolute Gasteiger partial charge is 0.481 e. The van der Waals surface area contributed by atoms with E-state index in [0.29, 0.717) is 30.9 Å². The first-order valence-electron chi connectivity index (χ1n) is 5.64. The molecule has 1 saturated heterocycles. The van der Waals surface area contributed by atoms with E-state index in [1.165, 1.54) is 13.3 Å². The number of carbonyl (C=O) groups excluding carboxylic acids is 1. The summed E-state index contributed by atoms with van der Waals surface area (Å²) in [6, 6.07) is 3.33. The van der Waals surface area contributed by atoms with Crippen LogP contribution in [0, 0.1) is 5.92 Å². The molecule has 6 nitrogen and oxygen atoms in total. The highest BCUT2D eigenvalue weighted by molar-refractivity contribution is 5.89. The van der Waals surface area contributed by atoms with Crippen molar-refractivity contribution in [1.29, 1.82) is 0 Å². The molecule has 0 bridgehead atoms. The van der Waals surface area contributed by atoms with Gasteiger partial charge in [-0.15, -0.1) is 0 Å². The van der Waals surface area contributed by atoms with E-state index in [-0.39, 0.29) is 5.92 Å². The summed E-state index contributed by atoms with van der Waals surface area (Å²) in [4.78, 5) is 28.1. The molecule has 1 atom stereocenters. The van der Waals surface area contributed by atoms with Gasteiger partial charge in [0.15, 0.2) is 0 Å². The van der Waals surface area contributed by atoms with E-state index >= 15 is 0 Å². The van der Waals surface area contributed by atoms with Crippen LogP contribution < -0.4 is 4.90 Å². The summed E-state index contributed by atoms with van der Waals surface area (Å²) in [5.41, 5.74) is 0.384. The van der Waals surface area contributed by atoms with Crippen LogP contribution in [-0.4, -0.2) is 42.2 Å². The highest BCUT2D eigenvalue weighted by Crippen LogP contribution is 2.22. The molecule has 2 heterocycles. The molecule has 1 unspecified atom stereocenters. The number of methoxy groups -OCH3 is 1. The fourth-order valence-corrected chi connectivity index (χ4v) is 1.98. The van der Waals surface area contributed by atoms with Crippen molar-refractivity contribution in [2.45, 2.75) is 6.42 Å². The fourth-order valence-electron chi connectivity index (χ4n) is 1.98. The molecule has 18 heavy (non-hydrogen) atoms. The zero-order chi connectivity index (χ0) is 13.1. The second-order valence-electron chi connectivity index (χ2n) is 4.17. The van der Waals surface area contributed by atoms with Crippen LogP contribution in [0.1, 0.15) is 16.8 Å². The first kappa shape index (κ1) is 12.3. The number of esters is 1. The summed E-state index contributed by atoms with van der Waals surface area (Å²) in [5, 5.41) is 8.92. The number of carboxylic acid groups (broad SMARTS) is 1. The lowest BCUT2D eigenvalue weighted by molar-refractivity contribution is -0.140. The van der Waals surface area contributed by atoms with Crippen molar-refractivity contribution in [3.63, 3.8) is 0 Å². The predicted octanol–water partition coefficient (Wildman–Crippen LogP) is 0.779. The molecule has 0 amide bonds. The van der Waals surface area contributed by atoms with Gasteiger partial charge in [-0.1, -0.05) is 0 Å². The average Bonchev–Trinajstić information content (AvgIpc) is 2.88. The average molecular weight is 250 g/mol. The zero-order valence-corrected chi connectivity index (χ0v) is 10.00. The van der Waals surface area contributed by atoms with Gasteiger partial charge in [0.2, 0.25) is 0 Å². The quantitative estimate of drug-likeness (QED) is 0.798. The van der Waals surface area contributed by atoms with Gasteiger partial charge in [0.25, 0.3) is 0 Å². The van der Waals surface area contributed by atoms with E-state index in [2.05, 4.69) is 9.72 Å². The number of hydrogen-bond acceptors (Lipinski definition) is 5. The summed E-state index contributed by atoms with van der Waals surface area (Å²) in [6.07, 6.45) is 2.06. The van der Waals surface area contributed by atoms with Crippen LogP contribution >= 0.6 is 0 Å². The Morgan fingerprint density at radius 3 is 2.78 bits per heavy atom. The second kappa shape index (κ2) is 5.03. The number of nitrogens with zero attached hydrogens (tertiary/aromatic N) is 2. The molecule has 96 valence electrons. The van der Waals surface area contributed by atoms with Crippen LogP contribution in [0.5, 0.6) is 0 Å². The molecule has 1 aromatic heterocycles. The van der Waals surface area contributed by atoms with Gasteiger partial charge in [-0.3, -0.25) is 4.79 Å². The molecule has 1 fully saturated rings. The van der Waals surface area contributed by atoms with Crippen molar-refractivity contribution in [2.75, 3.05) is 25.1 Å². The number of anilines is 1. The molecule has 1 N–H and O–H groups in total. The Morgan fingerprint density at radius 2 is 2.28 bits per heavy atom. The molecule has 1 aliphatic rings. The molecule has 2 rings (SSSR count). The number of hydrogen-bond donors (Lipinski definition) is 1. The maximum absolute atomic E-state index is 11.2. The fraction of sp³-hybridized carbons (Fsp3) is 0.417. The molecule has 0 spiro atoms. The van der Waals surface area contributed by atoms with Crippen LogP contribution in [0.25, 0.3) is 0 Å². The lowest BCUT2D eigenvalue weighted by Gasteiger charge is -2.16. The van der Waals surface area contributed by atoms with Crippen LogP contribution in [0.15, 0.2) is 18.3 Å². The molecule has 0 radical (unpaired) electrons. The smallest absolute Gasteiger partial charge is 0.339 e. The van der Waals surface area contributed by atoms with Gasteiger partial charge in [-0.25, -0.2) is 9.78 Å². The van der Waals surface area contributed by atoms with Crippen molar-refractivity contribution < 1.29 is 19.4 Å². The van der Waals surface area contributed by atoms with E-state index in [1.807, 2.05) is 4.90 Å². The highest BCUT2D eigenvalue weighted by atomic mass is 16.5. The molecule has 0 aliphatic carbocycles. The van der Waals surface area contributed by atoms with E-state index < -0.39 is 11.9 Å². The van der Waals surface area contributed by atoms with Crippen molar-refractivity contribution in [3.05, 3.63) is 23.9 Å². The van der Waals surface area contributed by atoms with Gasteiger partial charge in [0, 0.05) is 19.3 Å². The Balaban J connectivity index is 2.07. The van der Waals surface area contributed by atoms with Crippen LogP contribution in [0.4, 0.5) is 5.82 Å². The highest BCUT2D eigenvalue weighted by Gasteiger charge is 2.28. The number of ether oxygens (including phenoxy) is 1. The zero-order valence-electron chi connectivity index (χ0n) is 10.00. The number of pyridine rings is 1. The topological polar surface area (TPSA) is 79.7 Å². The van der Waals surface area contributed by atoms with Gasteiger partial charge in [-0.05, 0) is 18.6 Å². The minimum absolute atomic E-state index is 0.341. The van der Waals surface area contributed by atoms with Crippen LogP contribution in [-0.2, 0) is 9.53 Å². The Kier molecular flexibility index (Phi) is 3.45. The number of carboxylic acids is 1.